The number of H-pyrrole nitrogens is 1. The van der Waals surface area contributed by atoms with E-state index in [4.69, 9.17) is 24.2 Å². The third-order valence-corrected chi connectivity index (χ3v) is 18.9. The van der Waals surface area contributed by atoms with E-state index >= 15 is 4.39 Å². The summed E-state index contributed by atoms with van der Waals surface area (Å²) >= 11 is 0. The number of fused-ring (bicyclic) bond motifs is 4. The topological polar surface area (TPSA) is 236 Å². The van der Waals surface area contributed by atoms with Crippen LogP contribution in [-0.2, 0) is 27.5 Å². The molecule has 1 spiro atoms. The number of nitrogens with zero attached hydrogens (tertiary/aromatic N) is 10. The number of carbonyl (C=O) groups is 2. The molecule has 20 nitrogen and oxygen atoms in total. The highest BCUT2D eigenvalue weighted by Crippen LogP contribution is 2.54. The second kappa shape index (κ2) is 22.2. The van der Waals surface area contributed by atoms with Gasteiger partial charge in [-0.25, -0.2) is 9.07 Å². The van der Waals surface area contributed by atoms with Crippen molar-refractivity contribution in [3.8, 4) is 45.4 Å². The highest BCUT2D eigenvalue weighted by molar-refractivity contribution is 6.06. The fraction of sp³-hybridized carbons (Fsp3) is 0.469. The van der Waals surface area contributed by atoms with Crippen LogP contribution < -0.4 is 25.0 Å². The van der Waals surface area contributed by atoms with Crippen LogP contribution in [0.2, 0.25) is 0 Å². The van der Waals surface area contributed by atoms with Crippen LogP contribution in [-0.4, -0.2) is 142 Å². The maximum absolute atomic E-state index is 16.2. The molecule has 6 atom stereocenters. The van der Waals surface area contributed by atoms with E-state index < -0.39 is 30.1 Å². The van der Waals surface area contributed by atoms with Crippen molar-refractivity contribution in [1.29, 1.82) is 0 Å². The minimum absolute atomic E-state index is 0.0376. The number of aliphatic hydroxyl groups excluding tert-OH is 2. The summed E-state index contributed by atoms with van der Waals surface area (Å²) in [4.78, 5) is 43.2. The number of β-amino-alcohol motifs (C(OH)–C–C–N with tert-alkyl or cyclic N) is 1. The van der Waals surface area contributed by atoms with E-state index in [1.807, 2.05) is 87.0 Å². The van der Waals surface area contributed by atoms with Gasteiger partial charge in [-0.3, -0.25) is 19.4 Å². The van der Waals surface area contributed by atoms with Gasteiger partial charge in [-0.05, 0) is 117 Å². The second-order valence-corrected chi connectivity index (χ2v) is 24.9. The van der Waals surface area contributed by atoms with E-state index in [1.165, 1.54) is 11.0 Å². The fourth-order valence-electron chi connectivity index (χ4n) is 13.9. The van der Waals surface area contributed by atoms with Crippen molar-refractivity contribution in [3.63, 3.8) is 0 Å². The molecular formula is C64H72FN13O7. The van der Waals surface area contributed by atoms with Crippen molar-refractivity contribution in [2.75, 3.05) is 44.4 Å². The lowest BCUT2D eigenvalue weighted by Gasteiger charge is -2.45. The molecule has 8 aromatic rings. The molecule has 2 saturated carbocycles. The Bertz CT molecular complexity index is 3810. The molecule has 85 heavy (non-hydrogen) atoms. The van der Waals surface area contributed by atoms with Gasteiger partial charge in [0.15, 0.2) is 5.75 Å². The van der Waals surface area contributed by atoms with Crippen LogP contribution in [0.25, 0.3) is 55.4 Å². The van der Waals surface area contributed by atoms with Crippen molar-refractivity contribution in [2.24, 2.45) is 11.3 Å². The van der Waals surface area contributed by atoms with Gasteiger partial charge in [0.1, 0.15) is 47.6 Å². The molecule has 4 saturated heterocycles. The number of aromatic nitrogens is 9. The number of benzene rings is 4. The minimum atomic E-state index is -0.983. The average molecular weight is 1150 g/mol. The quantitative estimate of drug-likeness (QED) is 0.0546. The Hall–Kier alpha value is -7.85. The molecule has 442 valence electrons. The number of nitrogens with one attached hydrogen (secondary N) is 3. The Morgan fingerprint density at radius 3 is 2.44 bits per heavy atom. The van der Waals surface area contributed by atoms with E-state index in [2.05, 4.69) is 47.2 Å². The molecular weight excluding hydrogens is 1080 g/mol. The number of piperazine rings is 1. The number of hydrogen-bond donors (Lipinski definition) is 5. The Kier molecular flexibility index (Phi) is 14.4. The molecule has 2 aliphatic carbocycles. The van der Waals surface area contributed by atoms with Gasteiger partial charge >= 0.3 is 6.01 Å². The number of halogens is 1. The highest BCUT2D eigenvalue weighted by Gasteiger charge is 2.45. The highest BCUT2D eigenvalue weighted by atomic mass is 19.1. The molecule has 8 heterocycles. The van der Waals surface area contributed by atoms with Crippen LogP contribution in [0.4, 0.5) is 10.2 Å². The minimum Gasteiger partial charge on any atom is -0.486 e. The maximum Gasteiger partial charge on any atom is 0.319 e. The van der Waals surface area contributed by atoms with Crippen LogP contribution in [0.3, 0.4) is 0 Å². The summed E-state index contributed by atoms with van der Waals surface area (Å²) in [6, 6.07) is 19.5. The molecule has 4 aromatic heterocycles. The first-order valence-electron chi connectivity index (χ1n) is 30.2. The van der Waals surface area contributed by atoms with Crippen LogP contribution in [0.1, 0.15) is 112 Å². The van der Waals surface area contributed by atoms with Crippen molar-refractivity contribution >= 4 is 39.4 Å². The van der Waals surface area contributed by atoms with Gasteiger partial charge in [-0.15, -0.1) is 5.10 Å². The number of aromatic amines is 1. The first-order chi connectivity index (χ1) is 41.3. The van der Waals surface area contributed by atoms with Crippen LogP contribution in [0.15, 0.2) is 85.3 Å². The normalized spacial score (nSPS) is 21.8. The number of anilines is 1. The van der Waals surface area contributed by atoms with Gasteiger partial charge in [-0.2, -0.15) is 20.2 Å². The first-order valence-corrected chi connectivity index (χ1v) is 30.2. The number of likely N-dealkylation sites (tertiary alicyclic amines) is 1. The van der Waals surface area contributed by atoms with E-state index in [0.29, 0.717) is 52.2 Å². The second-order valence-electron chi connectivity index (χ2n) is 24.9. The number of hydrogen-bond acceptors (Lipinski definition) is 15. The van der Waals surface area contributed by atoms with Crippen LogP contribution >= 0.6 is 0 Å². The number of carbonyl (C=O) groups excluding carboxylic acids is 2. The molecule has 5 N–H and O–H groups in total. The lowest BCUT2D eigenvalue weighted by molar-refractivity contribution is -0.142. The zero-order valence-electron chi connectivity index (χ0n) is 48.4. The van der Waals surface area contributed by atoms with Crippen molar-refractivity contribution in [1.82, 2.24) is 60.5 Å². The number of aryl methyl sites for hydroxylation is 1. The molecule has 4 aliphatic heterocycles. The lowest BCUT2D eigenvalue weighted by Crippen LogP contribution is -2.50. The number of amides is 2. The average Bonchev–Trinajstić information content (AvgIpc) is 4.43. The maximum atomic E-state index is 16.2. The van der Waals surface area contributed by atoms with E-state index in [9.17, 15) is 19.8 Å². The summed E-state index contributed by atoms with van der Waals surface area (Å²) in [7, 11) is 0. The summed E-state index contributed by atoms with van der Waals surface area (Å²) < 4.78 is 39.4. The number of ether oxygens (including phenoxy) is 3. The number of aliphatic hydroxyl groups is 2. The van der Waals surface area contributed by atoms with Crippen LogP contribution in [0.5, 0.6) is 11.8 Å². The first kappa shape index (κ1) is 55.0. The molecule has 14 rings (SSSR count). The SMILES string of the molecule is CCn1nccc1-c1ccc([C@H](CO)NC(=O)[C@@H]2C[C@@H](O)CN2C(=O)[C@H](C(C)C)n2cc(-c3ccc(COc4c(-c5c(C)c(F)cc6[nH]ncc56)c(C5CC5)cc5c(N6C[C@@H]7C[C@H]6CN7)nc(OC6CCC7(CC6)COC7)nc45)cc3)nn2)cc1. The predicted octanol–water partition coefficient (Wildman–Crippen LogP) is 8.12. The zero-order chi connectivity index (χ0) is 58.3. The summed E-state index contributed by atoms with van der Waals surface area (Å²) in [6.45, 7) is 11.4. The van der Waals surface area contributed by atoms with Gasteiger partial charge in [0.05, 0.1) is 55.6 Å². The molecule has 2 amide bonds. The van der Waals surface area contributed by atoms with Gasteiger partial charge in [0.25, 0.3) is 0 Å². The van der Waals surface area contributed by atoms with Crippen molar-refractivity contribution < 1.29 is 38.4 Å². The Labute approximate surface area is 491 Å². The van der Waals surface area contributed by atoms with Gasteiger partial charge in [-0.1, -0.05) is 67.6 Å². The Morgan fingerprint density at radius 1 is 0.953 bits per heavy atom. The standard InChI is InChI=1S/C64H72FN13O7/c1-5-77-53(18-21-68-77)41-14-12-40(13-15-41)52(31-79)69-61(81)54-23-44(80)29-76(54)62(82)58(35(2)3)78-30-51(73-74-78)39-8-6-37(7-9-39)32-84-59-56(55-36(4)49(65)25-50-48(55)27-67-72-50)46(38-10-11-38)24-47-57(59)70-63(71-60(47)75-28-42-22-43(75)26-66-42)85-45-16-19-64(20-17-45)33-83-34-64/h6-9,12-15,18,21,24-25,27,30,35,38,42-45,52,54,58,66,79-80H,5,10-11,16-17,19-20,22-23,26,28-29,31-34H2,1-4H3,(H,67,72)(H,69,81)/t42-,43-,44+,52-,54-,58-/m0/s1. The van der Waals surface area contributed by atoms with Crippen molar-refractivity contribution in [3.05, 3.63) is 113 Å². The smallest absolute Gasteiger partial charge is 0.319 e. The van der Waals surface area contributed by atoms with E-state index in [0.717, 1.165) is 127 Å². The lowest BCUT2D eigenvalue weighted by atomic mass is 9.72. The van der Waals surface area contributed by atoms with Gasteiger partial charge in [0, 0.05) is 83.8 Å². The summed E-state index contributed by atoms with van der Waals surface area (Å²) in [6.07, 6.45) is 11.2. The van der Waals surface area contributed by atoms with Gasteiger partial charge in [0.2, 0.25) is 11.8 Å². The molecule has 4 aromatic carbocycles. The summed E-state index contributed by atoms with van der Waals surface area (Å²) in [5.41, 5.74) is 9.28. The van der Waals surface area contributed by atoms with E-state index in [1.54, 1.807) is 23.3 Å². The molecule has 0 unspecified atom stereocenters. The Balaban J connectivity index is 0.745. The number of rotatable bonds is 18. The zero-order valence-corrected chi connectivity index (χ0v) is 48.4. The molecule has 0 radical (unpaired) electrons. The largest absolute Gasteiger partial charge is 0.486 e. The molecule has 2 bridgehead atoms. The third-order valence-electron chi connectivity index (χ3n) is 18.9. The monoisotopic (exact) mass is 1150 g/mol. The molecule has 21 heteroatoms. The predicted molar refractivity (Wildman–Crippen MR) is 316 cm³/mol. The van der Waals surface area contributed by atoms with Crippen molar-refractivity contribution in [2.45, 2.75) is 141 Å². The molecule has 6 aliphatic rings. The summed E-state index contributed by atoms with van der Waals surface area (Å²) in [5, 5.41) is 50.6. The summed E-state index contributed by atoms with van der Waals surface area (Å²) in [5.74, 6) is 0.128. The third kappa shape index (κ3) is 10.2. The molecule has 6 fully saturated rings. The van der Waals surface area contributed by atoms with Crippen LogP contribution in [0, 0.1) is 24.1 Å². The Morgan fingerprint density at radius 2 is 1.74 bits per heavy atom. The fourth-order valence-corrected chi connectivity index (χ4v) is 13.9. The van der Waals surface area contributed by atoms with Gasteiger partial charge < -0.3 is 44.9 Å². The van der Waals surface area contributed by atoms with E-state index in [-0.39, 0.29) is 67.3 Å².